The van der Waals surface area contributed by atoms with E-state index in [9.17, 15) is 4.39 Å². The number of rotatable bonds is 6. The van der Waals surface area contributed by atoms with Crippen LogP contribution >= 0.6 is 0 Å². The molecule has 0 N–H and O–H groups in total. The molecular weight excluding hydrogens is 295 g/mol. The van der Waals surface area contributed by atoms with E-state index in [1.54, 1.807) is 0 Å². The quantitative estimate of drug-likeness (QED) is 0.519. The molecule has 0 atom stereocenters. The lowest BCUT2D eigenvalue weighted by Crippen LogP contribution is -2.00. The van der Waals surface area contributed by atoms with E-state index in [0.717, 1.165) is 24.5 Å². The number of fused-ring (bicyclic) bond motifs is 1. The van der Waals surface area contributed by atoms with Crippen LogP contribution in [0.3, 0.4) is 0 Å². The van der Waals surface area contributed by atoms with Gasteiger partial charge >= 0.3 is 0 Å². The Morgan fingerprint density at radius 3 is 2.54 bits per heavy atom. The van der Waals surface area contributed by atoms with E-state index in [1.165, 1.54) is 28.3 Å². The van der Waals surface area contributed by atoms with Gasteiger partial charge in [0.25, 0.3) is 0 Å². The van der Waals surface area contributed by atoms with Crippen molar-refractivity contribution >= 4 is 6.08 Å². The Bertz CT molecular complexity index is 797. The summed E-state index contributed by atoms with van der Waals surface area (Å²) in [5, 5.41) is 0. The molecule has 0 fully saturated rings. The van der Waals surface area contributed by atoms with Crippen LogP contribution in [0, 0.1) is 6.92 Å². The summed E-state index contributed by atoms with van der Waals surface area (Å²) in [6.45, 7) is 17.4. The zero-order valence-corrected chi connectivity index (χ0v) is 14.2. The normalized spacial score (nSPS) is 14.1. The van der Waals surface area contributed by atoms with Crippen LogP contribution in [0.25, 0.3) is 6.08 Å². The maximum Gasteiger partial charge on any atom is 0.123 e. The fourth-order valence-corrected chi connectivity index (χ4v) is 2.61. The number of hydrogen-bond donors (Lipinski definition) is 0. The molecule has 0 aromatic heterocycles. The van der Waals surface area contributed by atoms with Gasteiger partial charge in [0.15, 0.2) is 0 Å². The standard InChI is InChI=1S/C23H23F/c1-6-23(24)14-19(5)17(3)8-9-18(4)20-11-12-21-13-16(2)7-10-22(21)15-20/h6-10,13-15H,1,3-5,11-12H2,2H3/b9-8-,23-14+. The largest absolute Gasteiger partial charge is 0.207 e. The summed E-state index contributed by atoms with van der Waals surface area (Å²) in [5.74, 6) is -0.421. The Labute approximate surface area is 144 Å². The summed E-state index contributed by atoms with van der Waals surface area (Å²) in [4.78, 5) is 0. The molecule has 1 aliphatic rings. The Balaban J connectivity index is 2.10. The third-order valence-electron chi connectivity index (χ3n) is 4.11. The second-order valence-electron chi connectivity index (χ2n) is 6.01. The summed E-state index contributed by atoms with van der Waals surface area (Å²) in [7, 11) is 0. The number of allylic oxidation sites excluding steroid dienone is 9. The predicted octanol–water partition coefficient (Wildman–Crippen LogP) is 6.59. The van der Waals surface area contributed by atoms with E-state index in [1.807, 2.05) is 12.2 Å². The molecule has 1 heteroatoms. The van der Waals surface area contributed by atoms with Crippen LogP contribution in [0.15, 0.2) is 96.9 Å². The summed E-state index contributed by atoms with van der Waals surface area (Å²) >= 11 is 0. The highest BCUT2D eigenvalue weighted by atomic mass is 19.1. The molecule has 1 aliphatic carbocycles. The maximum atomic E-state index is 13.2. The highest BCUT2D eigenvalue weighted by molar-refractivity contribution is 5.66. The molecule has 2 rings (SSSR count). The van der Waals surface area contributed by atoms with Crippen molar-refractivity contribution in [1.82, 2.24) is 0 Å². The SMILES string of the molecule is C=C/C(F)=C\C(=C)C(=C)/C=C\C(=C)C1=Cc2ccc(C)cc2CC1. The molecule has 0 saturated heterocycles. The van der Waals surface area contributed by atoms with Crippen molar-refractivity contribution in [2.75, 3.05) is 0 Å². The van der Waals surface area contributed by atoms with Gasteiger partial charge in [0.1, 0.15) is 5.83 Å². The zero-order chi connectivity index (χ0) is 17.7. The molecule has 0 aliphatic heterocycles. The smallest absolute Gasteiger partial charge is 0.123 e. The average molecular weight is 318 g/mol. The Morgan fingerprint density at radius 2 is 1.83 bits per heavy atom. The van der Waals surface area contributed by atoms with Gasteiger partial charge in [0.05, 0.1) is 0 Å². The van der Waals surface area contributed by atoms with Gasteiger partial charge in [-0.1, -0.05) is 68.3 Å². The van der Waals surface area contributed by atoms with Crippen LogP contribution in [-0.2, 0) is 6.42 Å². The molecule has 0 unspecified atom stereocenters. The maximum absolute atomic E-state index is 13.2. The van der Waals surface area contributed by atoms with Gasteiger partial charge in [-0.2, -0.15) is 0 Å². The summed E-state index contributed by atoms with van der Waals surface area (Å²) < 4.78 is 13.2. The number of halogens is 1. The van der Waals surface area contributed by atoms with Gasteiger partial charge in [0.2, 0.25) is 0 Å². The highest BCUT2D eigenvalue weighted by Gasteiger charge is 2.11. The first-order valence-corrected chi connectivity index (χ1v) is 7.96. The second kappa shape index (κ2) is 7.74. The van der Waals surface area contributed by atoms with Crippen LogP contribution < -0.4 is 0 Å². The minimum absolute atomic E-state index is 0.421. The fraction of sp³-hybridized carbons (Fsp3) is 0.130. The third kappa shape index (κ3) is 4.42. The highest BCUT2D eigenvalue weighted by Crippen LogP contribution is 2.29. The Hall–Kier alpha value is -2.67. The minimum Gasteiger partial charge on any atom is -0.207 e. The first-order valence-electron chi connectivity index (χ1n) is 7.96. The Kier molecular flexibility index (Phi) is 5.70. The van der Waals surface area contributed by atoms with Gasteiger partial charge < -0.3 is 0 Å². The van der Waals surface area contributed by atoms with Crippen molar-refractivity contribution in [3.63, 3.8) is 0 Å². The zero-order valence-electron chi connectivity index (χ0n) is 14.2. The predicted molar refractivity (Wildman–Crippen MR) is 103 cm³/mol. The van der Waals surface area contributed by atoms with Gasteiger partial charge in [-0.3, -0.25) is 0 Å². The lowest BCUT2D eigenvalue weighted by molar-refractivity contribution is 0.667. The fourth-order valence-electron chi connectivity index (χ4n) is 2.61. The molecule has 122 valence electrons. The van der Waals surface area contributed by atoms with E-state index < -0.39 is 5.83 Å². The lowest BCUT2D eigenvalue weighted by atomic mass is 9.88. The number of aryl methyl sites for hydroxylation is 2. The second-order valence-corrected chi connectivity index (χ2v) is 6.01. The van der Waals surface area contributed by atoms with E-state index >= 15 is 0 Å². The molecule has 0 saturated carbocycles. The summed E-state index contributed by atoms with van der Waals surface area (Å²) in [5.41, 5.74) is 7.28. The molecule has 0 nitrogen and oxygen atoms in total. The monoisotopic (exact) mass is 318 g/mol. The summed E-state index contributed by atoms with van der Waals surface area (Å²) in [6, 6.07) is 6.53. The average Bonchev–Trinajstić information content (AvgIpc) is 2.58. The molecule has 0 spiro atoms. The third-order valence-corrected chi connectivity index (χ3v) is 4.11. The first-order chi connectivity index (χ1) is 11.4. The van der Waals surface area contributed by atoms with Crippen molar-refractivity contribution < 1.29 is 4.39 Å². The van der Waals surface area contributed by atoms with Gasteiger partial charge in [-0.15, -0.1) is 0 Å². The molecule has 1 aromatic rings. The van der Waals surface area contributed by atoms with E-state index in [-0.39, 0.29) is 0 Å². The molecule has 0 bridgehead atoms. The molecule has 24 heavy (non-hydrogen) atoms. The van der Waals surface area contributed by atoms with Crippen LogP contribution in [0.4, 0.5) is 4.39 Å². The Morgan fingerprint density at radius 1 is 1.08 bits per heavy atom. The van der Waals surface area contributed by atoms with Crippen molar-refractivity contribution in [2.45, 2.75) is 19.8 Å². The van der Waals surface area contributed by atoms with E-state index in [4.69, 9.17) is 0 Å². The molecule has 0 radical (unpaired) electrons. The van der Waals surface area contributed by atoms with Crippen molar-refractivity contribution in [1.29, 1.82) is 0 Å². The number of benzene rings is 1. The van der Waals surface area contributed by atoms with Crippen LogP contribution in [0.2, 0.25) is 0 Å². The van der Waals surface area contributed by atoms with Gasteiger partial charge in [-0.25, -0.2) is 4.39 Å². The molecule has 0 heterocycles. The van der Waals surface area contributed by atoms with E-state index in [2.05, 4.69) is 57.5 Å². The van der Waals surface area contributed by atoms with Crippen LogP contribution in [0.1, 0.15) is 23.1 Å². The van der Waals surface area contributed by atoms with Gasteiger partial charge in [-0.05, 0) is 65.3 Å². The van der Waals surface area contributed by atoms with Crippen LogP contribution in [-0.4, -0.2) is 0 Å². The van der Waals surface area contributed by atoms with E-state index in [0.29, 0.717) is 11.1 Å². The van der Waals surface area contributed by atoms with Gasteiger partial charge in [0, 0.05) is 0 Å². The van der Waals surface area contributed by atoms with Crippen LogP contribution in [0.5, 0.6) is 0 Å². The molecule has 0 amide bonds. The van der Waals surface area contributed by atoms with Crippen molar-refractivity contribution in [3.8, 4) is 0 Å². The summed E-state index contributed by atoms with van der Waals surface area (Å²) in [6.07, 6.45) is 10.4. The lowest BCUT2D eigenvalue weighted by Gasteiger charge is -2.17. The van der Waals surface area contributed by atoms with Crippen molar-refractivity contribution in [2.24, 2.45) is 0 Å². The van der Waals surface area contributed by atoms with Crippen molar-refractivity contribution in [3.05, 3.63) is 114 Å². The topological polar surface area (TPSA) is 0 Å². The first kappa shape index (κ1) is 17.7. The minimum atomic E-state index is -0.421. The molecular formula is C23H23F. The molecule has 1 aromatic carbocycles. The number of hydrogen-bond acceptors (Lipinski definition) is 0.